The molecule has 0 atom stereocenters. The van der Waals surface area contributed by atoms with Crippen LogP contribution >= 0.6 is 0 Å². The highest BCUT2D eigenvalue weighted by Gasteiger charge is 2.32. The maximum absolute atomic E-state index is 11.7. The lowest BCUT2D eigenvalue weighted by molar-refractivity contribution is -0.193. The molecule has 7 nitrogen and oxygen atoms in total. The van der Waals surface area contributed by atoms with Crippen LogP contribution < -0.4 is 9.47 Å². The summed E-state index contributed by atoms with van der Waals surface area (Å²) in [5.74, 6) is -0.643. The van der Waals surface area contributed by atoms with Crippen LogP contribution in [0.5, 0.6) is 11.5 Å². The Morgan fingerprint density at radius 3 is 2.56 bits per heavy atom. The number of methoxy groups -OCH3 is 1. The topological polar surface area (TPSA) is 82.1 Å². The van der Waals surface area contributed by atoms with Gasteiger partial charge < -0.3 is 14.3 Å². The van der Waals surface area contributed by atoms with Gasteiger partial charge in [-0.15, -0.1) is 5.06 Å². The molecule has 0 saturated carbocycles. The van der Waals surface area contributed by atoms with Gasteiger partial charge in [0.25, 0.3) is 11.8 Å². The molecule has 1 aromatic carbocycles. The van der Waals surface area contributed by atoms with Gasteiger partial charge in [-0.25, -0.2) is 4.79 Å². The van der Waals surface area contributed by atoms with Crippen molar-refractivity contribution < 1.29 is 28.7 Å². The Labute approximate surface area is 146 Å². The second-order valence-corrected chi connectivity index (χ2v) is 5.44. The van der Waals surface area contributed by atoms with Crippen molar-refractivity contribution in [2.75, 3.05) is 13.7 Å². The minimum atomic E-state index is -0.800. The number of carbonyl (C=O) groups is 3. The Hall–Kier alpha value is -2.83. The van der Waals surface area contributed by atoms with Crippen molar-refractivity contribution >= 4 is 23.9 Å². The third kappa shape index (κ3) is 5.07. The van der Waals surface area contributed by atoms with Crippen LogP contribution in [0.1, 0.15) is 38.2 Å². The van der Waals surface area contributed by atoms with Crippen molar-refractivity contribution in [2.45, 2.75) is 32.6 Å². The zero-order valence-electron chi connectivity index (χ0n) is 14.3. The van der Waals surface area contributed by atoms with Gasteiger partial charge in [-0.2, -0.15) is 0 Å². The second-order valence-electron chi connectivity index (χ2n) is 5.44. The van der Waals surface area contributed by atoms with E-state index in [4.69, 9.17) is 14.3 Å². The number of amides is 2. The Morgan fingerprint density at radius 2 is 1.92 bits per heavy atom. The van der Waals surface area contributed by atoms with E-state index in [1.165, 1.54) is 13.2 Å². The maximum atomic E-state index is 11.7. The monoisotopic (exact) mass is 347 g/mol. The van der Waals surface area contributed by atoms with E-state index in [9.17, 15) is 14.4 Å². The molecule has 1 heterocycles. The predicted molar refractivity (Wildman–Crippen MR) is 89.6 cm³/mol. The molecule has 2 amide bonds. The molecular formula is C18H21NO6. The van der Waals surface area contributed by atoms with Crippen LogP contribution in [-0.4, -0.2) is 36.6 Å². The van der Waals surface area contributed by atoms with Crippen LogP contribution in [0.4, 0.5) is 0 Å². The average Bonchev–Trinajstić information content (AvgIpc) is 2.92. The summed E-state index contributed by atoms with van der Waals surface area (Å²) >= 11 is 0. The molecule has 0 bridgehead atoms. The van der Waals surface area contributed by atoms with Gasteiger partial charge >= 0.3 is 5.97 Å². The summed E-state index contributed by atoms with van der Waals surface area (Å²) in [7, 11) is 1.54. The van der Waals surface area contributed by atoms with Gasteiger partial charge in [-0.1, -0.05) is 19.4 Å². The van der Waals surface area contributed by atoms with Crippen molar-refractivity contribution in [2.24, 2.45) is 0 Å². The molecular weight excluding hydrogens is 326 g/mol. The van der Waals surface area contributed by atoms with E-state index in [-0.39, 0.29) is 12.8 Å². The van der Waals surface area contributed by atoms with Gasteiger partial charge in [0, 0.05) is 18.9 Å². The first-order valence-electron chi connectivity index (χ1n) is 8.11. The zero-order valence-corrected chi connectivity index (χ0v) is 14.3. The lowest BCUT2D eigenvalue weighted by Gasteiger charge is -2.11. The first kappa shape index (κ1) is 18.5. The van der Waals surface area contributed by atoms with Gasteiger partial charge in [-0.3, -0.25) is 9.59 Å². The maximum Gasteiger partial charge on any atom is 0.356 e. The summed E-state index contributed by atoms with van der Waals surface area (Å²) in [6.45, 7) is 2.68. The van der Waals surface area contributed by atoms with Crippen molar-refractivity contribution in [1.29, 1.82) is 0 Å². The van der Waals surface area contributed by atoms with Crippen LogP contribution in [0.3, 0.4) is 0 Å². The molecule has 134 valence electrons. The Bertz CT molecular complexity index is 666. The van der Waals surface area contributed by atoms with E-state index in [0.29, 0.717) is 28.7 Å². The van der Waals surface area contributed by atoms with Crippen molar-refractivity contribution in [3.8, 4) is 11.5 Å². The Morgan fingerprint density at radius 1 is 1.20 bits per heavy atom. The van der Waals surface area contributed by atoms with E-state index in [0.717, 1.165) is 18.9 Å². The van der Waals surface area contributed by atoms with Crippen molar-refractivity contribution in [3.63, 3.8) is 0 Å². The number of ether oxygens (including phenoxy) is 2. The fourth-order valence-corrected chi connectivity index (χ4v) is 2.18. The number of carbonyl (C=O) groups excluding carboxylic acids is 3. The van der Waals surface area contributed by atoms with E-state index in [2.05, 4.69) is 6.92 Å². The number of rotatable bonds is 8. The van der Waals surface area contributed by atoms with Crippen molar-refractivity contribution in [3.05, 3.63) is 29.8 Å². The highest BCUT2D eigenvalue weighted by Crippen LogP contribution is 2.28. The van der Waals surface area contributed by atoms with Crippen LogP contribution in [0.15, 0.2) is 24.3 Å². The van der Waals surface area contributed by atoms with E-state index < -0.39 is 17.8 Å². The second kappa shape index (κ2) is 8.86. The molecule has 25 heavy (non-hydrogen) atoms. The summed E-state index contributed by atoms with van der Waals surface area (Å²) in [6, 6.07) is 5.24. The molecule has 1 aliphatic rings. The summed E-state index contributed by atoms with van der Waals surface area (Å²) in [5.41, 5.74) is 0.690. The highest BCUT2D eigenvalue weighted by atomic mass is 16.7. The zero-order chi connectivity index (χ0) is 18.2. The van der Waals surface area contributed by atoms with E-state index >= 15 is 0 Å². The molecule has 0 aromatic heterocycles. The first-order chi connectivity index (χ1) is 12.0. The lowest BCUT2D eigenvalue weighted by atomic mass is 10.2. The van der Waals surface area contributed by atoms with Gasteiger partial charge in [0.05, 0.1) is 13.7 Å². The van der Waals surface area contributed by atoms with Gasteiger partial charge in [0.15, 0.2) is 11.5 Å². The normalized spacial score (nSPS) is 14.2. The minimum Gasteiger partial charge on any atom is -0.493 e. The molecule has 2 rings (SSSR count). The number of hydrogen-bond donors (Lipinski definition) is 0. The Balaban J connectivity index is 1.98. The molecule has 1 saturated heterocycles. The molecule has 1 aromatic rings. The predicted octanol–water partition coefficient (Wildman–Crippen LogP) is 2.49. The van der Waals surface area contributed by atoms with Crippen LogP contribution in [-0.2, 0) is 19.2 Å². The summed E-state index contributed by atoms with van der Waals surface area (Å²) < 4.78 is 10.9. The number of imide groups is 1. The third-order valence-corrected chi connectivity index (χ3v) is 3.54. The number of hydrogen-bond acceptors (Lipinski definition) is 6. The SMILES string of the molecule is CCCCOc1ccc(/C=C/C(=O)ON2C(=O)CCC2=O)cc1OC. The van der Waals surface area contributed by atoms with Crippen molar-refractivity contribution in [1.82, 2.24) is 5.06 Å². The molecule has 0 radical (unpaired) electrons. The average molecular weight is 347 g/mol. The number of hydroxylamine groups is 2. The molecule has 7 heteroatoms. The third-order valence-electron chi connectivity index (χ3n) is 3.54. The van der Waals surface area contributed by atoms with Crippen LogP contribution in [0.2, 0.25) is 0 Å². The fourth-order valence-electron chi connectivity index (χ4n) is 2.18. The molecule has 1 aliphatic heterocycles. The summed E-state index contributed by atoms with van der Waals surface area (Å²) in [6.07, 6.45) is 4.76. The van der Waals surface area contributed by atoms with Crippen LogP contribution in [0, 0.1) is 0 Å². The van der Waals surface area contributed by atoms with E-state index in [1.807, 2.05) is 0 Å². The molecule has 0 aliphatic carbocycles. The van der Waals surface area contributed by atoms with Gasteiger partial charge in [0.2, 0.25) is 0 Å². The number of benzene rings is 1. The quantitative estimate of drug-likeness (QED) is 0.408. The fraction of sp³-hybridized carbons (Fsp3) is 0.389. The summed E-state index contributed by atoms with van der Waals surface area (Å²) in [4.78, 5) is 39.3. The highest BCUT2D eigenvalue weighted by molar-refractivity contribution is 6.02. The largest absolute Gasteiger partial charge is 0.493 e. The molecule has 0 unspecified atom stereocenters. The number of unbranched alkanes of at least 4 members (excludes halogenated alkanes) is 1. The summed E-state index contributed by atoms with van der Waals surface area (Å²) in [5, 5.41) is 0.512. The molecule has 0 N–H and O–H groups in total. The van der Waals surface area contributed by atoms with Gasteiger partial charge in [-0.05, 0) is 30.2 Å². The standard InChI is InChI=1S/C18H21NO6/c1-3-4-11-24-14-7-5-13(12-15(14)23-2)6-10-18(22)25-19-16(20)8-9-17(19)21/h5-7,10,12H,3-4,8-9,11H2,1-2H3/b10-6+. The van der Waals surface area contributed by atoms with Gasteiger partial charge in [0.1, 0.15) is 0 Å². The lowest BCUT2D eigenvalue weighted by Crippen LogP contribution is -2.31. The smallest absolute Gasteiger partial charge is 0.356 e. The van der Waals surface area contributed by atoms with Crippen LogP contribution in [0.25, 0.3) is 6.08 Å². The number of nitrogens with zero attached hydrogens (tertiary/aromatic N) is 1. The minimum absolute atomic E-state index is 0.0620. The Kier molecular flexibility index (Phi) is 6.56. The first-order valence-corrected chi connectivity index (χ1v) is 8.11. The molecule has 1 fully saturated rings. The van der Waals surface area contributed by atoms with E-state index in [1.54, 1.807) is 18.2 Å². The molecule has 0 spiro atoms.